The summed E-state index contributed by atoms with van der Waals surface area (Å²) in [5.41, 5.74) is 3.07. The number of ether oxygens (including phenoxy) is 1. The molecule has 0 saturated carbocycles. The molecule has 1 aromatic heterocycles. The van der Waals surface area contributed by atoms with E-state index in [9.17, 15) is 9.59 Å². The van der Waals surface area contributed by atoms with Crippen molar-refractivity contribution in [3.63, 3.8) is 0 Å². The summed E-state index contributed by atoms with van der Waals surface area (Å²) in [6.45, 7) is 4.02. The zero-order valence-electron chi connectivity index (χ0n) is 17.0. The maximum atomic E-state index is 12.6. The average Bonchev–Trinajstić information content (AvgIpc) is 3.23. The fourth-order valence-corrected chi connectivity index (χ4v) is 4.05. The van der Waals surface area contributed by atoms with Crippen LogP contribution in [0.15, 0.2) is 60.0 Å². The number of rotatable bonds is 7. The Morgan fingerprint density at radius 2 is 1.74 bits per heavy atom. The summed E-state index contributed by atoms with van der Waals surface area (Å²) >= 11 is 1.31. The molecule has 0 bridgehead atoms. The van der Waals surface area contributed by atoms with Crippen molar-refractivity contribution in [2.75, 3.05) is 36.9 Å². The van der Waals surface area contributed by atoms with Crippen LogP contribution in [-0.2, 0) is 22.5 Å². The fourth-order valence-electron chi connectivity index (χ4n) is 3.34. The second kappa shape index (κ2) is 10.3. The number of hydrogen-bond acceptors (Lipinski definition) is 6. The normalized spacial score (nSPS) is 14.2. The average molecular weight is 437 g/mol. The van der Waals surface area contributed by atoms with E-state index in [0.717, 1.165) is 44.1 Å². The maximum Gasteiger partial charge on any atom is 0.257 e. The van der Waals surface area contributed by atoms with Crippen LogP contribution in [0.2, 0.25) is 0 Å². The van der Waals surface area contributed by atoms with Crippen LogP contribution >= 0.6 is 11.3 Å². The number of anilines is 2. The molecule has 0 atom stereocenters. The van der Waals surface area contributed by atoms with Crippen molar-refractivity contribution in [3.8, 4) is 0 Å². The molecule has 8 heteroatoms. The van der Waals surface area contributed by atoms with Crippen molar-refractivity contribution >= 4 is 34.0 Å². The first-order valence-corrected chi connectivity index (χ1v) is 11.0. The highest BCUT2D eigenvalue weighted by atomic mass is 32.1. The molecule has 31 heavy (non-hydrogen) atoms. The lowest BCUT2D eigenvalue weighted by molar-refractivity contribution is -0.115. The van der Waals surface area contributed by atoms with Gasteiger partial charge in [-0.3, -0.25) is 19.8 Å². The summed E-state index contributed by atoms with van der Waals surface area (Å²) in [5, 5.41) is 8.05. The smallest absolute Gasteiger partial charge is 0.257 e. The molecule has 2 amide bonds. The number of hydrogen-bond donors (Lipinski definition) is 2. The Morgan fingerprint density at radius 3 is 2.55 bits per heavy atom. The second-order valence-corrected chi connectivity index (χ2v) is 8.09. The van der Waals surface area contributed by atoms with Crippen molar-refractivity contribution in [3.05, 3.63) is 76.8 Å². The van der Waals surface area contributed by atoms with E-state index < -0.39 is 0 Å². The Labute approximate surface area is 185 Å². The molecule has 2 heterocycles. The minimum atomic E-state index is -0.219. The summed E-state index contributed by atoms with van der Waals surface area (Å²) in [7, 11) is 0. The molecular weight excluding hydrogens is 412 g/mol. The third-order valence-electron chi connectivity index (χ3n) is 4.94. The molecule has 0 radical (unpaired) electrons. The highest BCUT2D eigenvalue weighted by Gasteiger charge is 2.15. The molecule has 160 valence electrons. The van der Waals surface area contributed by atoms with E-state index in [0.29, 0.717) is 16.4 Å². The van der Waals surface area contributed by atoms with Crippen molar-refractivity contribution in [2.45, 2.75) is 13.0 Å². The molecule has 1 saturated heterocycles. The van der Waals surface area contributed by atoms with Gasteiger partial charge in [0, 0.05) is 36.3 Å². The third-order valence-corrected chi connectivity index (χ3v) is 5.75. The number of para-hydroxylation sites is 1. The third kappa shape index (κ3) is 5.97. The zero-order chi connectivity index (χ0) is 21.5. The molecule has 1 aliphatic rings. The van der Waals surface area contributed by atoms with E-state index >= 15 is 0 Å². The zero-order valence-corrected chi connectivity index (χ0v) is 17.9. The number of morpholine rings is 1. The molecule has 1 aliphatic heterocycles. The van der Waals surface area contributed by atoms with Gasteiger partial charge in [0.2, 0.25) is 5.91 Å². The fraction of sp³-hybridized carbons (Fsp3) is 0.261. The number of nitrogens with one attached hydrogen (secondary N) is 2. The molecule has 0 unspecified atom stereocenters. The Bertz CT molecular complexity index is 1030. The van der Waals surface area contributed by atoms with Gasteiger partial charge in [0.1, 0.15) is 0 Å². The van der Waals surface area contributed by atoms with Crippen LogP contribution in [0.25, 0.3) is 0 Å². The van der Waals surface area contributed by atoms with Gasteiger partial charge in [-0.25, -0.2) is 4.98 Å². The maximum absolute atomic E-state index is 12.6. The lowest BCUT2D eigenvalue weighted by atomic mass is 10.1. The monoisotopic (exact) mass is 436 g/mol. The van der Waals surface area contributed by atoms with Crippen LogP contribution in [0.3, 0.4) is 0 Å². The summed E-state index contributed by atoms with van der Waals surface area (Å²) in [6.07, 6.45) is 0.142. The van der Waals surface area contributed by atoms with Crippen LogP contribution in [-0.4, -0.2) is 48.0 Å². The Balaban J connectivity index is 1.34. The van der Waals surface area contributed by atoms with Gasteiger partial charge in [0.15, 0.2) is 5.13 Å². The molecule has 2 aromatic carbocycles. The van der Waals surface area contributed by atoms with Gasteiger partial charge in [0.05, 0.1) is 25.3 Å². The highest BCUT2D eigenvalue weighted by molar-refractivity contribution is 7.14. The first kappa shape index (κ1) is 21.2. The van der Waals surface area contributed by atoms with Crippen LogP contribution < -0.4 is 10.6 Å². The van der Waals surface area contributed by atoms with Crippen LogP contribution in [0.4, 0.5) is 10.8 Å². The minimum absolute atomic E-state index is 0.138. The van der Waals surface area contributed by atoms with Gasteiger partial charge in [-0.2, -0.15) is 0 Å². The number of carbonyl (C=O) groups is 2. The predicted octanol–water partition coefficient (Wildman–Crippen LogP) is 3.41. The van der Waals surface area contributed by atoms with E-state index in [1.807, 2.05) is 42.5 Å². The van der Waals surface area contributed by atoms with Crippen molar-refractivity contribution in [1.29, 1.82) is 0 Å². The van der Waals surface area contributed by atoms with E-state index in [4.69, 9.17) is 4.74 Å². The first-order valence-electron chi connectivity index (χ1n) is 10.2. The predicted molar refractivity (Wildman–Crippen MR) is 121 cm³/mol. The minimum Gasteiger partial charge on any atom is -0.379 e. The van der Waals surface area contributed by atoms with Crippen LogP contribution in [0, 0.1) is 0 Å². The molecule has 0 aliphatic carbocycles. The number of aromatic nitrogens is 1. The first-order chi connectivity index (χ1) is 15.2. The van der Waals surface area contributed by atoms with Crippen molar-refractivity contribution in [1.82, 2.24) is 9.88 Å². The molecule has 3 aromatic rings. The quantitative estimate of drug-likeness (QED) is 0.593. The molecule has 7 nitrogen and oxygen atoms in total. The van der Waals surface area contributed by atoms with E-state index in [2.05, 4.69) is 20.5 Å². The summed E-state index contributed by atoms with van der Waals surface area (Å²) < 4.78 is 5.41. The Kier molecular flexibility index (Phi) is 7.03. The standard InChI is InChI=1S/C23H24N4O3S/c28-21(25-20-9-5-4-8-18(20)15-27-10-12-30-13-11-27)14-19-16-31-23(24-19)26-22(29)17-6-2-1-3-7-17/h1-9,16H,10-15H2,(H,25,28)(H,24,26,29). The summed E-state index contributed by atoms with van der Waals surface area (Å²) in [5.74, 6) is -0.358. The van der Waals surface area contributed by atoms with Crippen molar-refractivity contribution < 1.29 is 14.3 Å². The van der Waals surface area contributed by atoms with Crippen LogP contribution in [0.5, 0.6) is 0 Å². The van der Waals surface area contributed by atoms with Gasteiger partial charge in [0.25, 0.3) is 5.91 Å². The van der Waals surface area contributed by atoms with E-state index in [1.54, 1.807) is 17.5 Å². The van der Waals surface area contributed by atoms with Crippen LogP contribution in [0.1, 0.15) is 21.6 Å². The Morgan fingerprint density at radius 1 is 1.00 bits per heavy atom. The largest absolute Gasteiger partial charge is 0.379 e. The van der Waals surface area contributed by atoms with E-state index in [-0.39, 0.29) is 18.2 Å². The molecule has 4 rings (SSSR count). The summed E-state index contributed by atoms with van der Waals surface area (Å²) in [6, 6.07) is 16.8. The van der Waals surface area contributed by atoms with Gasteiger partial charge in [-0.05, 0) is 23.8 Å². The summed E-state index contributed by atoms with van der Waals surface area (Å²) in [4.78, 5) is 31.6. The SMILES string of the molecule is O=C(Cc1csc(NC(=O)c2ccccc2)n1)Nc1ccccc1CN1CCOCC1. The number of amides is 2. The molecular formula is C23H24N4O3S. The van der Waals surface area contributed by atoms with Gasteiger partial charge < -0.3 is 10.1 Å². The lowest BCUT2D eigenvalue weighted by Crippen LogP contribution is -2.35. The van der Waals surface area contributed by atoms with E-state index in [1.165, 1.54) is 11.3 Å². The van der Waals surface area contributed by atoms with Gasteiger partial charge >= 0.3 is 0 Å². The number of thiazole rings is 1. The number of benzene rings is 2. The Hall–Kier alpha value is -3.07. The molecule has 0 spiro atoms. The van der Waals surface area contributed by atoms with Gasteiger partial charge in [-0.1, -0.05) is 36.4 Å². The van der Waals surface area contributed by atoms with Gasteiger partial charge in [-0.15, -0.1) is 11.3 Å². The molecule has 2 N–H and O–H groups in total. The lowest BCUT2D eigenvalue weighted by Gasteiger charge is -2.27. The number of nitrogens with zero attached hydrogens (tertiary/aromatic N) is 2. The topological polar surface area (TPSA) is 83.6 Å². The molecule has 1 fully saturated rings. The highest BCUT2D eigenvalue weighted by Crippen LogP contribution is 2.20. The number of carbonyl (C=O) groups excluding carboxylic acids is 2. The van der Waals surface area contributed by atoms with Crippen molar-refractivity contribution in [2.24, 2.45) is 0 Å². The second-order valence-electron chi connectivity index (χ2n) is 7.23.